The molecule has 0 heterocycles. The molecule has 4 heteroatoms. The largest absolute Gasteiger partial charge is 0.356 e. The summed E-state index contributed by atoms with van der Waals surface area (Å²) in [6.45, 7) is 5.57. The molecule has 0 saturated heterocycles. The van der Waals surface area contributed by atoms with E-state index in [1.165, 1.54) is 31.3 Å². The Bertz CT molecular complexity index is 350. The van der Waals surface area contributed by atoms with Crippen LogP contribution in [0.1, 0.15) is 58.8 Å². The molecule has 1 N–H and O–H groups in total. The van der Waals surface area contributed by atoms with Gasteiger partial charge in [0.2, 0.25) is 11.8 Å². The fraction of sp³-hybridized carbons (Fsp3) is 0.750. The second kappa shape index (κ2) is 9.56. The Morgan fingerprint density at radius 1 is 1.30 bits per heavy atom. The van der Waals surface area contributed by atoms with E-state index in [1.807, 2.05) is 6.92 Å². The third kappa shape index (κ3) is 6.73. The number of amides is 2. The van der Waals surface area contributed by atoms with Crippen molar-refractivity contribution in [2.24, 2.45) is 0 Å². The second-order valence-corrected chi connectivity index (χ2v) is 5.46. The summed E-state index contributed by atoms with van der Waals surface area (Å²) >= 11 is 0. The minimum atomic E-state index is 0.0452. The van der Waals surface area contributed by atoms with Gasteiger partial charge in [-0.2, -0.15) is 0 Å². The Hall–Kier alpha value is -1.32. The molecule has 0 saturated carbocycles. The van der Waals surface area contributed by atoms with E-state index in [0.29, 0.717) is 13.0 Å². The van der Waals surface area contributed by atoms with Crippen molar-refractivity contribution < 1.29 is 9.59 Å². The number of rotatable bonds is 8. The van der Waals surface area contributed by atoms with Gasteiger partial charge in [0, 0.05) is 33.0 Å². The Morgan fingerprint density at radius 2 is 2.10 bits per heavy atom. The van der Waals surface area contributed by atoms with Crippen LogP contribution in [0.2, 0.25) is 0 Å². The molecule has 1 aliphatic rings. The predicted octanol–water partition coefficient (Wildman–Crippen LogP) is 2.64. The van der Waals surface area contributed by atoms with Gasteiger partial charge in [0.05, 0.1) is 0 Å². The molecule has 0 unspecified atom stereocenters. The summed E-state index contributed by atoms with van der Waals surface area (Å²) in [5, 5.41) is 2.95. The molecule has 0 fully saturated rings. The number of hydrogen-bond acceptors (Lipinski definition) is 2. The molecule has 1 aliphatic carbocycles. The molecule has 0 bridgehead atoms. The van der Waals surface area contributed by atoms with E-state index in [-0.39, 0.29) is 11.8 Å². The monoisotopic (exact) mass is 280 g/mol. The van der Waals surface area contributed by atoms with E-state index >= 15 is 0 Å². The van der Waals surface area contributed by atoms with Gasteiger partial charge in [0.1, 0.15) is 0 Å². The average Bonchev–Trinajstić information content (AvgIpc) is 2.44. The van der Waals surface area contributed by atoms with Gasteiger partial charge in [-0.15, -0.1) is 0 Å². The van der Waals surface area contributed by atoms with Crippen LogP contribution in [0.25, 0.3) is 0 Å². The van der Waals surface area contributed by atoms with Crippen LogP contribution in [0.4, 0.5) is 0 Å². The minimum Gasteiger partial charge on any atom is -0.356 e. The third-order valence-corrected chi connectivity index (χ3v) is 3.70. The quantitative estimate of drug-likeness (QED) is 0.695. The summed E-state index contributed by atoms with van der Waals surface area (Å²) in [5.74, 6) is 0.0933. The molecule has 2 amide bonds. The lowest BCUT2D eigenvalue weighted by Gasteiger charge is -2.20. The van der Waals surface area contributed by atoms with E-state index in [1.54, 1.807) is 11.8 Å². The van der Waals surface area contributed by atoms with Gasteiger partial charge in [-0.05, 0) is 38.5 Å². The Kier molecular flexibility index (Phi) is 8.00. The Labute approximate surface area is 122 Å². The number of nitrogens with one attached hydrogen (secondary N) is 1. The van der Waals surface area contributed by atoms with Crippen molar-refractivity contribution in [3.05, 3.63) is 11.6 Å². The van der Waals surface area contributed by atoms with Crippen LogP contribution in [0.5, 0.6) is 0 Å². The molecule has 114 valence electrons. The lowest BCUT2D eigenvalue weighted by molar-refractivity contribution is -0.129. The lowest BCUT2D eigenvalue weighted by atomic mass is 9.97. The highest BCUT2D eigenvalue weighted by Gasteiger charge is 2.10. The summed E-state index contributed by atoms with van der Waals surface area (Å²) in [4.78, 5) is 24.8. The third-order valence-electron chi connectivity index (χ3n) is 3.70. The normalized spacial score (nSPS) is 14.6. The molecular formula is C16H28N2O2. The topological polar surface area (TPSA) is 49.4 Å². The average molecular weight is 280 g/mol. The predicted molar refractivity (Wildman–Crippen MR) is 81.3 cm³/mol. The van der Waals surface area contributed by atoms with Crippen molar-refractivity contribution in [3.8, 4) is 0 Å². The fourth-order valence-corrected chi connectivity index (χ4v) is 2.52. The summed E-state index contributed by atoms with van der Waals surface area (Å²) in [6.07, 6.45) is 9.57. The number of allylic oxidation sites excluding steroid dienone is 1. The summed E-state index contributed by atoms with van der Waals surface area (Å²) in [6, 6.07) is 0. The van der Waals surface area contributed by atoms with Gasteiger partial charge in [-0.1, -0.05) is 18.6 Å². The van der Waals surface area contributed by atoms with E-state index < -0.39 is 0 Å². The van der Waals surface area contributed by atoms with E-state index in [9.17, 15) is 9.59 Å². The molecule has 0 atom stereocenters. The Balaban J connectivity index is 2.16. The highest BCUT2D eigenvalue weighted by molar-refractivity contribution is 5.77. The Morgan fingerprint density at radius 3 is 2.70 bits per heavy atom. The van der Waals surface area contributed by atoms with Gasteiger partial charge < -0.3 is 10.2 Å². The van der Waals surface area contributed by atoms with E-state index in [0.717, 1.165) is 25.9 Å². The number of carbonyl (C=O) groups is 2. The van der Waals surface area contributed by atoms with Crippen molar-refractivity contribution in [2.45, 2.75) is 58.8 Å². The molecule has 0 spiro atoms. The minimum absolute atomic E-state index is 0.0452. The SMILES string of the molecule is CCCN(CCC(=O)NCCC1=CCCCC1)C(C)=O. The highest BCUT2D eigenvalue weighted by Crippen LogP contribution is 2.19. The molecule has 4 nitrogen and oxygen atoms in total. The molecular weight excluding hydrogens is 252 g/mol. The zero-order chi connectivity index (χ0) is 14.8. The first-order chi connectivity index (χ1) is 9.63. The van der Waals surface area contributed by atoms with Gasteiger partial charge in [-0.25, -0.2) is 0 Å². The van der Waals surface area contributed by atoms with Crippen LogP contribution in [0, 0.1) is 0 Å². The second-order valence-electron chi connectivity index (χ2n) is 5.46. The first kappa shape index (κ1) is 16.7. The highest BCUT2D eigenvalue weighted by atomic mass is 16.2. The van der Waals surface area contributed by atoms with Crippen molar-refractivity contribution in [3.63, 3.8) is 0 Å². The van der Waals surface area contributed by atoms with E-state index in [4.69, 9.17) is 0 Å². The van der Waals surface area contributed by atoms with Crippen LogP contribution in [-0.4, -0.2) is 36.3 Å². The summed E-state index contributed by atoms with van der Waals surface area (Å²) in [5.41, 5.74) is 1.48. The smallest absolute Gasteiger partial charge is 0.221 e. The maximum absolute atomic E-state index is 11.7. The van der Waals surface area contributed by atoms with Gasteiger partial charge >= 0.3 is 0 Å². The van der Waals surface area contributed by atoms with Crippen molar-refractivity contribution in [1.82, 2.24) is 10.2 Å². The van der Waals surface area contributed by atoms with Gasteiger partial charge in [-0.3, -0.25) is 9.59 Å². The van der Waals surface area contributed by atoms with Crippen LogP contribution >= 0.6 is 0 Å². The number of hydrogen-bond donors (Lipinski definition) is 1. The first-order valence-corrected chi connectivity index (χ1v) is 7.83. The van der Waals surface area contributed by atoms with E-state index in [2.05, 4.69) is 11.4 Å². The van der Waals surface area contributed by atoms with Crippen molar-refractivity contribution >= 4 is 11.8 Å². The number of nitrogens with zero attached hydrogens (tertiary/aromatic N) is 1. The molecule has 20 heavy (non-hydrogen) atoms. The van der Waals surface area contributed by atoms with Gasteiger partial charge in [0.25, 0.3) is 0 Å². The van der Waals surface area contributed by atoms with Crippen LogP contribution in [0.3, 0.4) is 0 Å². The maximum atomic E-state index is 11.7. The molecule has 0 radical (unpaired) electrons. The lowest BCUT2D eigenvalue weighted by Crippen LogP contribution is -2.34. The molecule has 1 rings (SSSR count). The van der Waals surface area contributed by atoms with Crippen molar-refractivity contribution in [1.29, 1.82) is 0 Å². The standard InChI is InChI=1S/C16H28N2O2/c1-3-12-18(14(2)19)13-10-16(20)17-11-9-15-7-5-4-6-8-15/h7H,3-6,8-13H2,1-2H3,(H,17,20). The van der Waals surface area contributed by atoms with Gasteiger partial charge in [0.15, 0.2) is 0 Å². The number of carbonyl (C=O) groups excluding carboxylic acids is 2. The molecule has 0 aliphatic heterocycles. The summed E-state index contributed by atoms with van der Waals surface area (Å²) < 4.78 is 0. The molecule has 0 aromatic heterocycles. The molecule has 0 aromatic carbocycles. The van der Waals surface area contributed by atoms with Crippen LogP contribution in [-0.2, 0) is 9.59 Å². The first-order valence-electron chi connectivity index (χ1n) is 7.83. The van der Waals surface area contributed by atoms with Crippen LogP contribution < -0.4 is 5.32 Å². The zero-order valence-electron chi connectivity index (χ0n) is 12.9. The zero-order valence-corrected chi connectivity index (χ0v) is 12.9. The summed E-state index contributed by atoms with van der Waals surface area (Å²) in [7, 11) is 0. The van der Waals surface area contributed by atoms with Crippen LogP contribution in [0.15, 0.2) is 11.6 Å². The molecule has 0 aromatic rings. The van der Waals surface area contributed by atoms with Crippen molar-refractivity contribution in [2.75, 3.05) is 19.6 Å². The maximum Gasteiger partial charge on any atom is 0.221 e. The fourth-order valence-electron chi connectivity index (χ4n) is 2.52.